The lowest BCUT2D eigenvalue weighted by Gasteiger charge is -2.22. The first-order chi connectivity index (χ1) is 10.1. The number of benzene rings is 2. The molecule has 2 aromatic carbocycles. The Kier molecular flexibility index (Phi) is 4.79. The highest BCUT2D eigenvalue weighted by Crippen LogP contribution is 2.09. The molecule has 0 heterocycles. The number of carbonyl (C=O) groups is 1. The molecule has 4 nitrogen and oxygen atoms in total. The average Bonchev–Trinajstić information content (AvgIpc) is 2.53. The average molecular weight is 281 g/mol. The second-order valence-corrected chi connectivity index (χ2v) is 4.64. The second kappa shape index (κ2) is 6.77. The first-order valence-electron chi connectivity index (χ1n) is 6.56. The summed E-state index contributed by atoms with van der Waals surface area (Å²) in [6.07, 6.45) is 0.552. The number of hydrogen-bond acceptors (Lipinski definition) is 2. The van der Waals surface area contributed by atoms with Crippen LogP contribution in [-0.4, -0.2) is 28.1 Å². The van der Waals surface area contributed by atoms with Gasteiger partial charge in [-0.1, -0.05) is 67.3 Å². The van der Waals surface area contributed by atoms with Crippen LogP contribution in [0.5, 0.6) is 0 Å². The van der Waals surface area contributed by atoms with Crippen LogP contribution >= 0.6 is 0 Å². The molecule has 0 fully saturated rings. The van der Waals surface area contributed by atoms with E-state index >= 15 is 0 Å². The summed E-state index contributed by atoms with van der Waals surface area (Å²) in [5, 5.41) is 19.6. The molecule has 0 aromatic heterocycles. The van der Waals surface area contributed by atoms with Crippen LogP contribution in [-0.2, 0) is 6.54 Å². The van der Waals surface area contributed by atoms with Crippen molar-refractivity contribution < 1.29 is 14.9 Å². The Balaban J connectivity index is 2.19. The van der Waals surface area contributed by atoms with Crippen molar-refractivity contribution in [3.63, 3.8) is 0 Å². The Hall–Kier alpha value is -2.53. The number of carboxylic acid groups (broad SMARTS) is 1. The van der Waals surface area contributed by atoms with Crippen molar-refractivity contribution in [3.05, 3.63) is 72.3 Å². The van der Waals surface area contributed by atoms with E-state index in [1.807, 2.05) is 30.3 Å². The third kappa shape index (κ3) is 3.73. The van der Waals surface area contributed by atoms with Gasteiger partial charge in [-0.3, -0.25) is 0 Å². The van der Waals surface area contributed by atoms with E-state index in [-0.39, 0.29) is 6.54 Å². The van der Waals surface area contributed by atoms with Crippen molar-refractivity contribution in [2.45, 2.75) is 6.54 Å². The molecule has 106 valence electrons. The maximum atomic E-state index is 11.4. The summed E-state index contributed by atoms with van der Waals surface area (Å²) in [7, 11) is -1.19. The monoisotopic (exact) mass is 281 g/mol. The minimum absolute atomic E-state index is 0.114. The largest absolute Gasteiger partial charge is 0.466 e. The number of amides is 1. The van der Waals surface area contributed by atoms with Gasteiger partial charge in [-0.05, 0) is 16.6 Å². The molecule has 2 N–H and O–H groups in total. The molecule has 1 amide bonds. The highest BCUT2D eigenvalue weighted by atomic mass is 16.4. The lowest BCUT2D eigenvalue weighted by atomic mass is 9.72. The van der Waals surface area contributed by atoms with E-state index in [0.29, 0.717) is 5.46 Å². The van der Waals surface area contributed by atoms with E-state index < -0.39 is 13.1 Å². The van der Waals surface area contributed by atoms with Gasteiger partial charge in [0.05, 0.1) is 0 Å². The summed E-state index contributed by atoms with van der Waals surface area (Å²) in [6, 6.07) is 16.1. The molecule has 0 radical (unpaired) electrons. The molecule has 0 saturated carbocycles. The molecule has 0 unspecified atom stereocenters. The van der Waals surface area contributed by atoms with Gasteiger partial charge in [0.2, 0.25) is 0 Å². The van der Waals surface area contributed by atoms with Crippen LogP contribution in [0.2, 0.25) is 0 Å². The number of hydrogen-bond donors (Lipinski definition) is 2. The summed E-state index contributed by atoms with van der Waals surface area (Å²) in [6.45, 7) is 3.79. The van der Waals surface area contributed by atoms with Crippen molar-refractivity contribution in [1.29, 1.82) is 0 Å². The molecule has 21 heavy (non-hydrogen) atoms. The molecular weight excluding hydrogens is 265 g/mol. The van der Waals surface area contributed by atoms with E-state index in [0.717, 1.165) is 15.9 Å². The van der Waals surface area contributed by atoms with Crippen LogP contribution in [0.25, 0.3) is 6.08 Å². The topological polar surface area (TPSA) is 60.8 Å². The Morgan fingerprint density at radius 3 is 2.29 bits per heavy atom. The summed E-state index contributed by atoms with van der Waals surface area (Å²) in [4.78, 5) is 12.4. The predicted octanol–water partition coefficient (Wildman–Crippen LogP) is 2.20. The van der Waals surface area contributed by atoms with Gasteiger partial charge in [-0.2, -0.15) is 0 Å². The zero-order valence-corrected chi connectivity index (χ0v) is 11.5. The molecule has 0 aliphatic carbocycles. The first kappa shape index (κ1) is 14.9. The minimum atomic E-state index is -1.19. The van der Waals surface area contributed by atoms with Crippen LogP contribution in [0, 0.1) is 0 Å². The van der Waals surface area contributed by atoms with Gasteiger partial charge < -0.3 is 14.9 Å². The highest BCUT2D eigenvalue weighted by Gasteiger charge is 2.28. The zero-order valence-electron chi connectivity index (χ0n) is 11.5. The third-order valence-corrected chi connectivity index (χ3v) is 3.21. The lowest BCUT2D eigenvalue weighted by Crippen LogP contribution is -2.50. The fourth-order valence-corrected chi connectivity index (χ4v) is 2.02. The van der Waals surface area contributed by atoms with Crippen LogP contribution in [0.3, 0.4) is 0 Å². The fourth-order valence-electron chi connectivity index (χ4n) is 2.02. The molecular formula is C16H16BNO3. The van der Waals surface area contributed by atoms with Crippen molar-refractivity contribution in [2.24, 2.45) is 0 Å². The molecule has 0 bridgehead atoms. The summed E-state index contributed by atoms with van der Waals surface area (Å²) >= 11 is 0. The van der Waals surface area contributed by atoms with Crippen molar-refractivity contribution in [2.75, 3.05) is 0 Å². The summed E-state index contributed by atoms with van der Waals surface area (Å²) < 4.78 is 0. The maximum absolute atomic E-state index is 11.4. The third-order valence-electron chi connectivity index (χ3n) is 3.21. The molecule has 5 heteroatoms. The number of nitrogens with zero attached hydrogens (tertiary/aromatic N) is 1. The van der Waals surface area contributed by atoms with Gasteiger partial charge >= 0.3 is 13.1 Å². The maximum Gasteiger partial charge on any atom is 0.454 e. The van der Waals surface area contributed by atoms with Gasteiger partial charge in [0.25, 0.3) is 0 Å². The normalized spacial score (nSPS) is 9.95. The predicted molar refractivity (Wildman–Crippen MR) is 84.1 cm³/mol. The van der Waals surface area contributed by atoms with Crippen LogP contribution in [0.4, 0.5) is 4.79 Å². The summed E-state index contributed by atoms with van der Waals surface area (Å²) in [5.74, 6) is 0. The molecule has 0 spiro atoms. The van der Waals surface area contributed by atoms with Gasteiger partial charge in [0.1, 0.15) is 0 Å². The minimum Gasteiger partial charge on any atom is -0.466 e. The Morgan fingerprint density at radius 1 is 1.14 bits per heavy atom. The quantitative estimate of drug-likeness (QED) is 0.826. The summed E-state index contributed by atoms with van der Waals surface area (Å²) in [5.41, 5.74) is 2.31. The van der Waals surface area contributed by atoms with E-state index in [1.165, 1.54) is 0 Å². The zero-order chi connectivity index (χ0) is 15.2. The first-order valence-corrected chi connectivity index (χ1v) is 6.56. The van der Waals surface area contributed by atoms with E-state index in [2.05, 4.69) is 6.58 Å². The Labute approximate surface area is 124 Å². The van der Waals surface area contributed by atoms with Crippen molar-refractivity contribution in [1.82, 2.24) is 4.81 Å². The van der Waals surface area contributed by atoms with Gasteiger partial charge in [0.15, 0.2) is 0 Å². The number of rotatable bonds is 5. The molecule has 2 aromatic rings. The van der Waals surface area contributed by atoms with Crippen molar-refractivity contribution in [3.8, 4) is 0 Å². The lowest BCUT2D eigenvalue weighted by molar-refractivity contribution is 0.165. The molecule has 0 atom stereocenters. The van der Waals surface area contributed by atoms with Gasteiger partial charge in [0, 0.05) is 6.54 Å². The SMILES string of the molecule is C=Cc1ccc(CN(B(O)c2ccccc2)C(=O)O)cc1. The van der Waals surface area contributed by atoms with E-state index in [1.54, 1.807) is 30.3 Å². The van der Waals surface area contributed by atoms with Crippen molar-refractivity contribution >= 4 is 24.7 Å². The van der Waals surface area contributed by atoms with E-state index in [4.69, 9.17) is 0 Å². The molecule has 0 saturated heterocycles. The van der Waals surface area contributed by atoms with Gasteiger partial charge in [-0.15, -0.1) is 0 Å². The molecule has 0 aliphatic rings. The van der Waals surface area contributed by atoms with Crippen LogP contribution in [0.15, 0.2) is 61.2 Å². The van der Waals surface area contributed by atoms with Crippen LogP contribution in [0.1, 0.15) is 11.1 Å². The standard InChI is InChI=1S/C16H16BNO3/c1-2-13-8-10-14(11-9-13)12-18(16(19)20)17(21)15-6-4-3-5-7-15/h2-11,21H,1,12H2,(H,19,20). The second-order valence-electron chi connectivity index (χ2n) is 4.64. The van der Waals surface area contributed by atoms with E-state index in [9.17, 15) is 14.9 Å². The Morgan fingerprint density at radius 2 is 1.76 bits per heavy atom. The van der Waals surface area contributed by atoms with Gasteiger partial charge in [-0.25, -0.2) is 4.79 Å². The smallest absolute Gasteiger partial charge is 0.454 e. The Bertz CT molecular complexity index is 613. The highest BCUT2D eigenvalue weighted by molar-refractivity contribution is 6.65. The molecule has 2 rings (SSSR count). The van der Waals surface area contributed by atoms with Crippen LogP contribution < -0.4 is 5.46 Å². The molecule has 0 aliphatic heterocycles. The fraction of sp³-hybridized carbons (Fsp3) is 0.0625.